The number of rotatable bonds is 4. The Bertz CT molecular complexity index is 148. The van der Waals surface area contributed by atoms with Gasteiger partial charge < -0.3 is 21.5 Å². The summed E-state index contributed by atoms with van der Waals surface area (Å²) in [6.45, 7) is 0.385. The van der Waals surface area contributed by atoms with E-state index in [0.717, 1.165) is 0 Å². The molecule has 0 bridgehead atoms. The largest absolute Gasteiger partial charge is 0.465 e. The summed E-state index contributed by atoms with van der Waals surface area (Å²) in [5, 5.41) is 12.6. The average molecular weight is 161 g/mol. The van der Waals surface area contributed by atoms with Crippen molar-refractivity contribution >= 4 is 12.0 Å². The van der Waals surface area contributed by atoms with Gasteiger partial charge in [0.05, 0.1) is 6.54 Å². The van der Waals surface area contributed by atoms with Crippen LogP contribution in [0, 0.1) is 0 Å². The van der Waals surface area contributed by atoms with Gasteiger partial charge in [-0.2, -0.15) is 0 Å². The molecule has 6 nitrogen and oxygen atoms in total. The van der Waals surface area contributed by atoms with E-state index in [1.165, 1.54) is 0 Å². The maximum Gasteiger partial charge on any atom is 0.404 e. The van der Waals surface area contributed by atoms with Crippen molar-refractivity contribution < 1.29 is 14.7 Å². The number of carbonyl (C=O) groups excluding carboxylic acids is 1. The lowest BCUT2D eigenvalue weighted by Crippen LogP contribution is -2.36. The summed E-state index contributed by atoms with van der Waals surface area (Å²) in [5.74, 6) is -0.294. The molecule has 0 rings (SSSR count). The first-order chi connectivity index (χ1) is 5.16. The van der Waals surface area contributed by atoms with Crippen LogP contribution in [0.5, 0.6) is 0 Å². The normalized spacial score (nSPS) is 8.82. The van der Waals surface area contributed by atoms with Gasteiger partial charge in [-0.15, -0.1) is 0 Å². The Balaban J connectivity index is 3.14. The molecule has 0 aliphatic heterocycles. The topological polar surface area (TPSA) is 104 Å². The third-order valence-electron chi connectivity index (χ3n) is 0.909. The van der Waals surface area contributed by atoms with Gasteiger partial charge in [-0.25, -0.2) is 4.79 Å². The summed E-state index contributed by atoms with van der Waals surface area (Å²) in [6.07, 6.45) is -1.10. The lowest BCUT2D eigenvalue weighted by Gasteiger charge is -2.01. The molecule has 0 aromatic carbocycles. The highest BCUT2D eigenvalue weighted by Gasteiger charge is 1.96. The van der Waals surface area contributed by atoms with Crippen molar-refractivity contribution in [3.05, 3.63) is 0 Å². The minimum absolute atomic E-state index is 0.0763. The second-order valence-corrected chi connectivity index (χ2v) is 1.79. The molecular weight excluding hydrogens is 150 g/mol. The highest BCUT2D eigenvalue weighted by molar-refractivity contribution is 5.77. The Hall–Kier alpha value is -1.30. The van der Waals surface area contributed by atoms with Crippen molar-refractivity contribution in [2.75, 3.05) is 19.6 Å². The van der Waals surface area contributed by atoms with Crippen molar-refractivity contribution in [3.63, 3.8) is 0 Å². The van der Waals surface area contributed by atoms with E-state index in [-0.39, 0.29) is 25.5 Å². The SMILES string of the molecule is NCC(=O)NCCNC(=O)O. The summed E-state index contributed by atoms with van der Waals surface area (Å²) in [5.41, 5.74) is 4.97. The number of carbonyl (C=O) groups is 2. The summed E-state index contributed by atoms with van der Waals surface area (Å²) in [7, 11) is 0. The van der Waals surface area contributed by atoms with E-state index >= 15 is 0 Å². The van der Waals surface area contributed by atoms with Gasteiger partial charge in [0.15, 0.2) is 0 Å². The van der Waals surface area contributed by atoms with Crippen molar-refractivity contribution in [2.24, 2.45) is 5.73 Å². The van der Waals surface area contributed by atoms with Gasteiger partial charge in [-0.05, 0) is 0 Å². The molecule has 5 N–H and O–H groups in total. The number of nitrogens with two attached hydrogens (primary N) is 1. The predicted molar refractivity (Wildman–Crippen MR) is 38.1 cm³/mol. The first kappa shape index (κ1) is 9.70. The van der Waals surface area contributed by atoms with Crippen LogP contribution >= 0.6 is 0 Å². The van der Waals surface area contributed by atoms with Crippen molar-refractivity contribution in [1.29, 1.82) is 0 Å². The van der Waals surface area contributed by atoms with E-state index in [1.807, 2.05) is 0 Å². The van der Waals surface area contributed by atoms with Crippen molar-refractivity contribution in [3.8, 4) is 0 Å². The van der Waals surface area contributed by atoms with E-state index in [1.54, 1.807) is 0 Å². The molecule has 11 heavy (non-hydrogen) atoms. The fourth-order valence-electron chi connectivity index (χ4n) is 0.444. The molecule has 0 saturated carbocycles. The Morgan fingerprint density at radius 2 is 1.82 bits per heavy atom. The third kappa shape index (κ3) is 6.59. The molecule has 6 heteroatoms. The molecule has 2 amide bonds. The molecule has 0 aliphatic carbocycles. The predicted octanol–water partition coefficient (Wildman–Crippen LogP) is -1.67. The van der Waals surface area contributed by atoms with E-state index < -0.39 is 6.09 Å². The smallest absolute Gasteiger partial charge is 0.404 e. The van der Waals surface area contributed by atoms with E-state index in [9.17, 15) is 9.59 Å². The van der Waals surface area contributed by atoms with Gasteiger partial charge in [0.2, 0.25) is 5.91 Å². The second kappa shape index (κ2) is 5.48. The van der Waals surface area contributed by atoms with Crippen molar-refractivity contribution in [1.82, 2.24) is 10.6 Å². The zero-order valence-corrected chi connectivity index (χ0v) is 5.96. The second-order valence-electron chi connectivity index (χ2n) is 1.79. The average Bonchev–Trinajstić information content (AvgIpc) is 1.97. The molecule has 0 aromatic rings. The van der Waals surface area contributed by atoms with Crippen LogP contribution in [-0.4, -0.2) is 36.7 Å². The third-order valence-corrected chi connectivity index (χ3v) is 0.909. The van der Waals surface area contributed by atoms with E-state index in [4.69, 9.17) is 10.8 Å². The molecule has 0 aliphatic rings. The molecule has 0 spiro atoms. The van der Waals surface area contributed by atoms with Crippen LogP contribution < -0.4 is 16.4 Å². The Kier molecular flexibility index (Phi) is 4.83. The maximum atomic E-state index is 10.4. The highest BCUT2D eigenvalue weighted by Crippen LogP contribution is 1.62. The van der Waals surface area contributed by atoms with Gasteiger partial charge in [0.1, 0.15) is 0 Å². The minimum atomic E-state index is -1.10. The number of carboxylic acid groups (broad SMARTS) is 1. The van der Waals surface area contributed by atoms with Crippen LogP contribution in [0.3, 0.4) is 0 Å². The molecule has 0 radical (unpaired) electrons. The summed E-state index contributed by atoms with van der Waals surface area (Å²) < 4.78 is 0. The van der Waals surface area contributed by atoms with Crippen molar-refractivity contribution in [2.45, 2.75) is 0 Å². The zero-order valence-electron chi connectivity index (χ0n) is 5.96. The molecule has 0 heterocycles. The summed E-state index contributed by atoms with van der Waals surface area (Å²) >= 11 is 0. The Morgan fingerprint density at radius 3 is 2.27 bits per heavy atom. The fraction of sp³-hybridized carbons (Fsp3) is 0.600. The Morgan fingerprint density at radius 1 is 1.27 bits per heavy atom. The first-order valence-electron chi connectivity index (χ1n) is 3.10. The van der Waals surface area contributed by atoms with Crippen LogP contribution in [0.4, 0.5) is 4.79 Å². The summed E-state index contributed by atoms with van der Waals surface area (Å²) in [4.78, 5) is 20.3. The molecular formula is C5H11N3O3. The van der Waals surface area contributed by atoms with Gasteiger partial charge in [0, 0.05) is 13.1 Å². The number of amides is 2. The monoisotopic (exact) mass is 161 g/mol. The van der Waals surface area contributed by atoms with Crippen LogP contribution in [0.25, 0.3) is 0 Å². The molecule has 0 unspecified atom stereocenters. The number of hydrogen-bond donors (Lipinski definition) is 4. The summed E-state index contributed by atoms with van der Waals surface area (Å²) in [6, 6.07) is 0. The van der Waals surface area contributed by atoms with E-state index in [0.29, 0.717) is 0 Å². The number of hydrogen-bond acceptors (Lipinski definition) is 3. The van der Waals surface area contributed by atoms with Gasteiger partial charge >= 0.3 is 6.09 Å². The fourth-order valence-corrected chi connectivity index (χ4v) is 0.444. The minimum Gasteiger partial charge on any atom is -0.465 e. The van der Waals surface area contributed by atoms with Crippen LogP contribution in [0.2, 0.25) is 0 Å². The number of nitrogens with one attached hydrogen (secondary N) is 2. The van der Waals surface area contributed by atoms with Gasteiger partial charge in [0.25, 0.3) is 0 Å². The van der Waals surface area contributed by atoms with E-state index in [2.05, 4.69) is 10.6 Å². The first-order valence-corrected chi connectivity index (χ1v) is 3.10. The quantitative estimate of drug-likeness (QED) is 0.370. The zero-order chi connectivity index (χ0) is 8.69. The maximum absolute atomic E-state index is 10.4. The molecule has 0 saturated heterocycles. The lowest BCUT2D eigenvalue weighted by molar-refractivity contribution is -0.119. The molecule has 0 atom stereocenters. The van der Waals surface area contributed by atoms with Crippen LogP contribution in [-0.2, 0) is 4.79 Å². The van der Waals surface area contributed by atoms with Crippen LogP contribution in [0.15, 0.2) is 0 Å². The highest BCUT2D eigenvalue weighted by atomic mass is 16.4. The Labute approximate surface area is 63.8 Å². The molecule has 64 valence electrons. The van der Waals surface area contributed by atoms with Crippen LogP contribution in [0.1, 0.15) is 0 Å². The van der Waals surface area contributed by atoms with Gasteiger partial charge in [-0.3, -0.25) is 4.79 Å². The van der Waals surface area contributed by atoms with Gasteiger partial charge in [-0.1, -0.05) is 0 Å². The molecule has 0 fully saturated rings. The molecule has 0 aromatic heterocycles. The standard InChI is InChI=1S/C5H11N3O3/c6-3-4(9)7-1-2-8-5(10)11/h8H,1-3,6H2,(H,7,9)(H,10,11). The lowest BCUT2D eigenvalue weighted by atomic mass is 10.5.